The number of allylic oxidation sites excluding steroid dienone is 3. The Bertz CT molecular complexity index is 994. The highest BCUT2D eigenvalue weighted by molar-refractivity contribution is 6.42. The van der Waals surface area contributed by atoms with Gasteiger partial charge in [0.05, 0.1) is 18.9 Å². The molecule has 2 atom stereocenters. The van der Waals surface area contributed by atoms with Gasteiger partial charge in [0.25, 0.3) is 11.8 Å². The molecule has 0 aromatic carbocycles. The third-order valence-corrected chi connectivity index (χ3v) is 8.63. The highest BCUT2D eigenvalue weighted by Crippen LogP contribution is 2.38. The summed E-state index contributed by atoms with van der Waals surface area (Å²) in [7, 11) is 0. The van der Waals surface area contributed by atoms with Crippen molar-refractivity contribution in [1.82, 2.24) is 21.1 Å². The van der Waals surface area contributed by atoms with Crippen LogP contribution in [0.2, 0.25) is 0 Å². The van der Waals surface area contributed by atoms with Gasteiger partial charge in [-0.15, -0.1) is 0 Å². The van der Waals surface area contributed by atoms with Gasteiger partial charge in [-0.05, 0) is 32.1 Å². The van der Waals surface area contributed by atoms with E-state index in [9.17, 15) is 14.7 Å². The molecule has 10 heteroatoms. The molecule has 196 valence electrons. The predicted molar refractivity (Wildman–Crippen MR) is 136 cm³/mol. The van der Waals surface area contributed by atoms with Gasteiger partial charge < -0.3 is 20.5 Å². The number of carbonyl (C=O) groups excluding carboxylic acids is 2. The van der Waals surface area contributed by atoms with Crippen LogP contribution in [0.1, 0.15) is 64.2 Å². The summed E-state index contributed by atoms with van der Waals surface area (Å²) in [6.45, 7) is 0.556. The molecule has 2 heterocycles. The number of ether oxygens (including phenoxy) is 1. The zero-order chi connectivity index (χ0) is 25.2. The quantitative estimate of drug-likeness (QED) is 0.393. The lowest BCUT2D eigenvalue weighted by Crippen LogP contribution is -2.56. The maximum Gasteiger partial charge on any atom is 0.289 e. The van der Waals surface area contributed by atoms with Crippen LogP contribution in [0.15, 0.2) is 40.0 Å². The van der Waals surface area contributed by atoms with Crippen LogP contribution in [0.5, 0.6) is 0 Å². The lowest BCUT2D eigenvalue weighted by atomic mass is 9.82. The molecule has 0 aromatic rings. The van der Waals surface area contributed by atoms with Gasteiger partial charge in [0.1, 0.15) is 16.5 Å². The van der Waals surface area contributed by atoms with Crippen LogP contribution >= 0.6 is 11.6 Å². The number of carbonyl (C=O) groups is 2. The molecule has 5 aliphatic rings. The minimum atomic E-state index is -0.971. The molecule has 4 N–H and O–H groups in total. The minimum Gasteiger partial charge on any atom is -0.396 e. The molecule has 2 amide bonds. The number of rotatable bonds is 8. The second kappa shape index (κ2) is 10.6. The van der Waals surface area contributed by atoms with Crippen LogP contribution in [-0.2, 0) is 14.3 Å². The summed E-state index contributed by atoms with van der Waals surface area (Å²) >= 11 is 6.46. The molecule has 3 aliphatic carbocycles. The highest BCUT2D eigenvalue weighted by atomic mass is 35.5. The number of aliphatic hydroxyl groups is 1. The van der Waals surface area contributed by atoms with E-state index < -0.39 is 11.9 Å². The smallest absolute Gasteiger partial charge is 0.289 e. The standard InChI is InChI=1S/C26H36ClN5O4/c27-20-19(29-24-30-21(31-32(24)22(20)34)18-9-3-1-4-10-18)15-36-26(13-5-2-6-14-26)23(35)28-16-25(17-33)11-7-8-12-25/h1,3-4,9,18,24,29,33H,2,5-8,10-17H2,(H,28,35)(H,30,31). The Kier molecular flexibility index (Phi) is 7.42. The number of fused-ring (bicyclic) bond motifs is 1. The van der Waals surface area contributed by atoms with Crippen molar-refractivity contribution in [2.45, 2.75) is 76.1 Å². The molecular weight excluding hydrogens is 482 g/mol. The van der Waals surface area contributed by atoms with Gasteiger partial charge in [0, 0.05) is 17.9 Å². The van der Waals surface area contributed by atoms with Crippen LogP contribution in [-0.4, -0.2) is 59.4 Å². The Morgan fingerprint density at radius 3 is 2.64 bits per heavy atom. The molecule has 0 bridgehead atoms. The van der Waals surface area contributed by atoms with Crippen molar-refractivity contribution in [2.24, 2.45) is 16.3 Å². The van der Waals surface area contributed by atoms with E-state index in [2.05, 4.69) is 27.1 Å². The molecule has 2 fully saturated rings. The van der Waals surface area contributed by atoms with E-state index in [-0.39, 0.29) is 41.4 Å². The van der Waals surface area contributed by atoms with E-state index in [0.29, 0.717) is 30.9 Å². The van der Waals surface area contributed by atoms with E-state index >= 15 is 0 Å². The minimum absolute atomic E-state index is 0.0183. The van der Waals surface area contributed by atoms with Crippen molar-refractivity contribution in [1.29, 1.82) is 0 Å². The van der Waals surface area contributed by atoms with Gasteiger partial charge in [-0.25, -0.2) is 10.0 Å². The first-order chi connectivity index (χ1) is 17.5. The summed E-state index contributed by atoms with van der Waals surface area (Å²) in [6.07, 6.45) is 16.4. The molecule has 36 heavy (non-hydrogen) atoms. The van der Waals surface area contributed by atoms with Crippen LogP contribution in [0.3, 0.4) is 0 Å². The third kappa shape index (κ3) is 4.93. The van der Waals surface area contributed by atoms with Gasteiger partial charge in [0.2, 0.25) is 6.29 Å². The molecule has 5 rings (SSSR count). The lowest BCUT2D eigenvalue weighted by molar-refractivity contribution is -0.151. The Labute approximate surface area is 217 Å². The number of hydrazine groups is 1. The molecule has 0 saturated heterocycles. The van der Waals surface area contributed by atoms with Crippen molar-refractivity contribution < 1.29 is 19.4 Å². The first-order valence-corrected chi connectivity index (χ1v) is 13.5. The van der Waals surface area contributed by atoms with Crippen LogP contribution in [0.4, 0.5) is 0 Å². The molecular formula is C26H36ClN5O4. The maximum atomic E-state index is 13.4. The number of aliphatic imine (C=N–C) groups is 1. The molecule has 0 spiro atoms. The summed E-state index contributed by atoms with van der Waals surface area (Å²) in [5.41, 5.74) is 2.33. The number of amides is 2. The summed E-state index contributed by atoms with van der Waals surface area (Å²) < 4.78 is 6.32. The first-order valence-electron chi connectivity index (χ1n) is 13.1. The van der Waals surface area contributed by atoms with Crippen molar-refractivity contribution >= 4 is 29.3 Å². The fraction of sp³-hybridized carbons (Fsp3) is 0.654. The number of nitrogens with zero attached hydrogens (tertiary/aromatic N) is 2. The zero-order valence-corrected chi connectivity index (χ0v) is 21.4. The van der Waals surface area contributed by atoms with Gasteiger partial charge in [-0.1, -0.05) is 68.0 Å². The van der Waals surface area contributed by atoms with E-state index in [0.717, 1.165) is 51.4 Å². The Balaban J connectivity index is 1.26. The van der Waals surface area contributed by atoms with Crippen molar-refractivity contribution in [2.75, 3.05) is 19.8 Å². The third-order valence-electron chi connectivity index (χ3n) is 8.24. The SMILES string of the molecule is O=C1C(Cl)=C(COC2(C(=O)NCC3(CO)CCCC3)CCCCC2)NC2N=C(C3C=CC=CC3)NN12. The fourth-order valence-corrected chi connectivity index (χ4v) is 6.10. The van der Waals surface area contributed by atoms with E-state index in [1.807, 2.05) is 18.2 Å². The second-order valence-corrected chi connectivity index (χ2v) is 11.0. The zero-order valence-electron chi connectivity index (χ0n) is 20.6. The number of hydrogen-bond acceptors (Lipinski definition) is 7. The van der Waals surface area contributed by atoms with E-state index in [4.69, 9.17) is 16.3 Å². The van der Waals surface area contributed by atoms with Crippen LogP contribution in [0, 0.1) is 11.3 Å². The Morgan fingerprint density at radius 1 is 1.19 bits per heavy atom. The Morgan fingerprint density at radius 2 is 1.94 bits per heavy atom. The molecule has 0 aromatic heterocycles. The summed E-state index contributed by atoms with van der Waals surface area (Å²) in [5.74, 6) is 0.273. The average Bonchev–Trinajstić information content (AvgIpc) is 3.58. The topological polar surface area (TPSA) is 115 Å². The summed E-state index contributed by atoms with van der Waals surface area (Å²) in [6, 6.07) is 0. The van der Waals surface area contributed by atoms with Gasteiger partial charge in [-0.2, -0.15) is 0 Å². The van der Waals surface area contributed by atoms with Crippen molar-refractivity contribution in [3.63, 3.8) is 0 Å². The molecule has 0 radical (unpaired) electrons. The van der Waals surface area contributed by atoms with Gasteiger partial charge >= 0.3 is 0 Å². The largest absolute Gasteiger partial charge is 0.396 e. The second-order valence-electron chi connectivity index (χ2n) is 10.7. The normalized spacial score (nSPS) is 28.4. The number of nitrogens with one attached hydrogen (secondary N) is 3. The van der Waals surface area contributed by atoms with Crippen LogP contribution in [0.25, 0.3) is 0 Å². The molecule has 9 nitrogen and oxygen atoms in total. The number of amidine groups is 1. The van der Waals surface area contributed by atoms with E-state index in [1.54, 1.807) is 0 Å². The molecule has 2 unspecified atom stereocenters. The predicted octanol–water partition coefficient (Wildman–Crippen LogP) is 2.59. The monoisotopic (exact) mass is 517 g/mol. The van der Waals surface area contributed by atoms with Crippen LogP contribution < -0.4 is 16.1 Å². The fourth-order valence-electron chi connectivity index (χ4n) is 5.90. The summed E-state index contributed by atoms with van der Waals surface area (Å²) in [5, 5.41) is 17.7. The summed E-state index contributed by atoms with van der Waals surface area (Å²) in [4.78, 5) is 31.1. The number of aliphatic hydroxyl groups excluding tert-OH is 1. The number of halogens is 1. The highest BCUT2D eigenvalue weighted by Gasteiger charge is 2.44. The average molecular weight is 518 g/mol. The maximum absolute atomic E-state index is 13.4. The van der Waals surface area contributed by atoms with Crippen molar-refractivity contribution in [3.8, 4) is 0 Å². The lowest BCUT2D eigenvalue weighted by Gasteiger charge is -2.38. The van der Waals surface area contributed by atoms with Gasteiger partial charge in [0.15, 0.2) is 0 Å². The Hall–Kier alpha value is -2.36. The van der Waals surface area contributed by atoms with Crippen molar-refractivity contribution in [3.05, 3.63) is 35.0 Å². The van der Waals surface area contributed by atoms with E-state index in [1.165, 1.54) is 5.01 Å². The first kappa shape index (κ1) is 25.3. The molecule has 2 saturated carbocycles. The number of hydrogen-bond donors (Lipinski definition) is 4. The molecule has 2 aliphatic heterocycles. The van der Waals surface area contributed by atoms with Gasteiger partial charge in [-0.3, -0.25) is 15.0 Å².